The van der Waals surface area contributed by atoms with Crippen LogP contribution in [0.15, 0.2) is 41.2 Å². The van der Waals surface area contributed by atoms with E-state index in [2.05, 4.69) is 15.1 Å². The van der Waals surface area contributed by atoms with Gasteiger partial charge in [0.15, 0.2) is 5.65 Å². The number of carbonyl (C=O) groups is 1. The maximum Gasteiger partial charge on any atom is 0.419 e. The molecule has 0 aliphatic carbocycles. The van der Waals surface area contributed by atoms with Crippen LogP contribution < -0.4 is 10.1 Å². The molecule has 1 unspecified atom stereocenters. The summed E-state index contributed by atoms with van der Waals surface area (Å²) in [6.45, 7) is -0.638. The Bertz CT molecular complexity index is 1580. The molecule has 4 heterocycles. The van der Waals surface area contributed by atoms with Crippen molar-refractivity contribution < 1.29 is 49.2 Å². The summed E-state index contributed by atoms with van der Waals surface area (Å²) < 4.78 is 118. The van der Waals surface area contributed by atoms with Crippen molar-refractivity contribution in [3.8, 4) is 28.7 Å². The van der Waals surface area contributed by atoms with Gasteiger partial charge < -0.3 is 19.0 Å². The number of fused-ring (bicyclic) bond motifs is 1. The van der Waals surface area contributed by atoms with Crippen LogP contribution in [0, 0.1) is 0 Å². The highest BCUT2D eigenvalue weighted by Gasteiger charge is 2.48. The van der Waals surface area contributed by atoms with Crippen molar-refractivity contribution in [3.05, 3.63) is 52.8 Å². The molecule has 1 fully saturated rings. The van der Waals surface area contributed by atoms with Gasteiger partial charge in [0, 0.05) is 24.4 Å². The molecule has 8 nitrogen and oxygen atoms in total. The normalized spacial score (nSPS) is 17.6. The minimum Gasteiger partial charge on any atom is -0.491 e. The van der Waals surface area contributed by atoms with Crippen molar-refractivity contribution in [2.24, 2.45) is 0 Å². The van der Waals surface area contributed by atoms with Crippen LogP contribution in [0.5, 0.6) is 5.75 Å². The van der Waals surface area contributed by atoms with Crippen LogP contribution >= 0.6 is 11.6 Å². The highest BCUT2D eigenvalue weighted by Crippen LogP contribution is 2.39. The molecule has 0 bridgehead atoms. The van der Waals surface area contributed by atoms with E-state index in [1.807, 2.05) is 5.32 Å². The molecule has 0 spiro atoms. The molecule has 1 atom stereocenters. The van der Waals surface area contributed by atoms with Gasteiger partial charge in [-0.25, -0.2) is 4.98 Å². The first kappa shape index (κ1) is 26.6. The SMILES string of the molecule is O=C1NC(COc2ccc(-c3nc(-c4cn5cc(C(F)(F)F)cc(Cl)c5n4)no3)cc2C(F)(F)F)CC1(F)F. The third-order valence-electron chi connectivity index (χ3n) is 5.63. The van der Waals surface area contributed by atoms with Gasteiger partial charge in [-0.05, 0) is 24.3 Å². The number of halogens is 9. The van der Waals surface area contributed by atoms with E-state index in [0.717, 1.165) is 28.9 Å². The van der Waals surface area contributed by atoms with Gasteiger partial charge >= 0.3 is 18.3 Å². The van der Waals surface area contributed by atoms with Gasteiger partial charge in [-0.3, -0.25) is 4.79 Å². The number of aromatic nitrogens is 4. The number of alkyl halides is 8. The monoisotopic (exact) mass is 581 g/mol. The number of rotatable bonds is 5. The number of hydrogen-bond acceptors (Lipinski definition) is 6. The zero-order chi connectivity index (χ0) is 28.3. The molecule has 1 amide bonds. The fourth-order valence-electron chi connectivity index (χ4n) is 3.81. The number of benzene rings is 1. The molecule has 206 valence electrons. The highest BCUT2D eigenvalue weighted by atomic mass is 35.5. The van der Waals surface area contributed by atoms with Crippen LogP contribution in [-0.2, 0) is 17.1 Å². The molecule has 5 rings (SSSR count). The summed E-state index contributed by atoms with van der Waals surface area (Å²) in [5, 5.41) is 5.27. The second-order valence-corrected chi connectivity index (χ2v) is 8.86. The number of nitrogens with one attached hydrogen (secondary N) is 1. The first-order valence-corrected chi connectivity index (χ1v) is 11.1. The standard InChI is InChI=1S/C22H12ClF8N5O3/c23-13-4-10(21(26,27)28)6-36-7-14(33-17(13)36)16-34-18(39-35-16)9-1-2-15(12(3-9)22(29,30)31)38-8-11-5-20(24,25)19(37)32-11/h1-4,6-7,11H,5,8H2,(H,32,37). The van der Waals surface area contributed by atoms with Crippen molar-refractivity contribution in [1.29, 1.82) is 0 Å². The van der Waals surface area contributed by atoms with Crippen molar-refractivity contribution >= 4 is 23.2 Å². The van der Waals surface area contributed by atoms with Crippen molar-refractivity contribution in [3.63, 3.8) is 0 Å². The van der Waals surface area contributed by atoms with E-state index in [-0.39, 0.29) is 33.6 Å². The lowest BCUT2D eigenvalue weighted by Crippen LogP contribution is -2.33. The zero-order valence-electron chi connectivity index (χ0n) is 18.9. The summed E-state index contributed by atoms with van der Waals surface area (Å²) in [6, 6.07) is 2.17. The number of hydrogen-bond donors (Lipinski definition) is 1. The Morgan fingerprint density at radius 1 is 1.10 bits per heavy atom. The minimum atomic E-state index is -4.94. The van der Waals surface area contributed by atoms with E-state index in [1.165, 1.54) is 0 Å². The topological polar surface area (TPSA) is 94.5 Å². The maximum absolute atomic E-state index is 13.7. The predicted molar refractivity (Wildman–Crippen MR) is 116 cm³/mol. The van der Waals surface area contributed by atoms with E-state index in [9.17, 15) is 39.9 Å². The molecule has 1 aliphatic rings. The Morgan fingerprint density at radius 2 is 1.85 bits per heavy atom. The minimum absolute atomic E-state index is 0.0527. The summed E-state index contributed by atoms with van der Waals surface area (Å²) in [6.07, 6.45) is -8.67. The lowest BCUT2D eigenvalue weighted by molar-refractivity contribution is -0.140. The molecule has 1 N–H and O–H groups in total. The third-order valence-corrected chi connectivity index (χ3v) is 5.91. The Hall–Kier alpha value is -3.95. The molecule has 1 aliphatic heterocycles. The predicted octanol–water partition coefficient (Wildman–Crippen LogP) is 5.64. The molecule has 0 radical (unpaired) electrons. The fourth-order valence-corrected chi connectivity index (χ4v) is 4.07. The fraction of sp³-hybridized carbons (Fsp3) is 0.273. The van der Waals surface area contributed by atoms with Gasteiger partial charge in [-0.1, -0.05) is 16.8 Å². The van der Waals surface area contributed by atoms with Gasteiger partial charge in [-0.15, -0.1) is 0 Å². The quantitative estimate of drug-likeness (QED) is 0.306. The van der Waals surface area contributed by atoms with E-state index < -0.39 is 60.1 Å². The number of ether oxygens (including phenoxy) is 1. The Morgan fingerprint density at radius 3 is 2.49 bits per heavy atom. The van der Waals surface area contributed by atoms with Gasteiger partial charge in [-0.2, -0.15) is 40.1 Å². The van der Waals surface area contributed by atoms with Crippen LogP contribution in [0.1, 0.15) is 17.5 Å². The molecular weight excluding hydrogens is 570 g/mol. The van der Waals surface area contributed by atoms with Gasteiger partial charge in [0.2, 0.25) is 5.82 Å². The smallest absolute Gasteiger partial charge is 0.419 e. The molecular formula is C22H12ClF8N5O3. The Labute approximate surface area is 216 Å². The number of amides is 1. The number of carbonyl (C=O) groups excluding carboxylic acids is 1. The van der Waals surface area contributed by atoms with Crippen molar-refractivity contribution in [2.45, 2.75) is 30.7 Å². The summed E-state index contributed by atoms with van der Waals surface area (Å²) in [7, 11) is 0. The second kappa shape index (κ2) is 9.07. The molecule has 1 saturated heterocycles. The average molecular weight is 582 g/mol. The first-order valence-electron chi connectivity index (χ1n) is 10.7. The Balaban J connectivity index is 1.41. The number of imidazole rings is 1. The average Bonchev–Trinajstić information content (AvgIpc) is 3.54. The van der Waals surface area contributed by atoms with E-state index in [4.69, 9.17) is 20.9 Å². The van der Waals surface area contributed by atoms with Crippen LogP contribution in [0.25, 0.3) is 28.6 Å². The lowest BCUT2D eigenvalue weighted by Gasteiger charge is -2.17. The summed E-state index contributed by atoms with van der Waals surface area (Å²) in [5.41, 5.74) is -2.64. The van der Waals surface area contributed by atoms with Gasteiger partial charge in [0.25, 0.3) is 11.8 Å². The highest BCUT2D eigenvalue weighted by molar-refractivity contribution is 6.33. The lowest BCUT2D eigenvalue weighted by atomic mass is 10.1. The third kappa shape index (κ3) is 5.20. The van der Waals surface area contributed by atoms with Crippen LogP contribution in [-0.4, -0.2) is 44.0 Å². The van der Waals surface area contributed by atoms with Crippen LogP contribution in [0.2, 0.25) is 5.02 Å². The molecule has 39 heavy (non-hydrogen) atoms. The van der Waals surface area contributed by atoms with Gasteiger partial charge in [0.1, 0.15) is 18.1 Å². The number of pyridine rings is 1. The zero-order valence-corrected chi connectivity index (χ0v) is 19.6. The van der Waals surface area contributed by atoms with Crippen LogP contribution in [0.3, 0.4) is 0 Å². The van der Waals surface area contributed by atoms with E-state index in [1.54, 1.807) is 0 Å². The molecule has 0 saturated carbocycles. The summed E-state index contributed by atoms with van der Waals surface area (Å²) in [4.78, 5) is 19.2. The molecule has 17 heteroatoms. The first-order chi connectivity index (χ1) is 18.1. The van der Waals surface area contributed by atoms with Crippen molar-refractivity contribution in [1.82, 2.24) is 24.8 Å². The molecule has 1 aromatic carbocycles. The second-order valence-electron chi connectivity index (χ2n) is 8.45. The molecule has 4 aromatic rings. The van der Waals surface area contributed by atoms with Crippen molar-refractivity contribution in [2.75, 3.05) is 6.61 Å². The van der Waals surface area contributed by atoms with E-state index >= 15 is 0 Å². The summed E-state index contributed by atoms with van der Waals surface area (Å²) >= 11 is 5.91. The maximum atomic E-state index is 13.7. The van der Waals surface area contributed by atoms with Crippen LogP contribution in [0.4, 0.5) is 35.1 Å². The largest absolute Gasteiger partial charge is 0.491 e. The molecule has 3 aromatic heterocycles. The Kier molecular flexibility index (Phi) is 6.19. The van der Waals surface area contributed by atoms with E-state index in [0.29, 0.717) is 12.1 Å². The summed E-state index contributed by atoms with van der Waals surface area (Å²) in [5.74, 6) is -6.50. The number of nitrogens with zero attached hydrogens (tertiary/aromatic N) is 4. The van der Waals surface area contributed by atoms with Gasteiger partial charge in [0.05, 0.1) is 22.2 Å².